The Kier molecular flexibility index (Phi) is 3.78. The van der Waals surface area contributed by atoms with Crippen molar-refractivity contribution < 1.29 is 9.59 Å². The summed E-state index contributed by atoms with van der Waals surface area (Å²) >= 11 is 0. The Morgan fingerprint density at radius 1 is 1.09 bits per heavy atom. The number of nitrogen functional groups attached to an aromatic ring is 1. The summed E-state index contributed by atoms with van der Waals surface area (Å²) in [5, 5.41) is 2.78. The summed E-state index contributed by atoms with van der Waals surface area (Å²) in [4.78, 5) is 25.9. The number of hydrogen-bond acceptors (Lipinski definition) is 3. The number of amides is 2. The van der Waals surface area contributed by atoms with Gasteiger partial charge in [-0.25, -0.2) is 0 Å². The summed E-state index contributed by atoms with van der Waals surface area (Å²) in [7, 11) is 0. The minimum Gasteiger partial charge on any atom is -0.399 e. The van der Waals surface area contributed by atoms with Gasteiger partial charge in [-0.1, -0.05) is 18.2 Å². The van der Waals surface area contributed by atoms with E-state index in [1.165, 1.54) is 0 Å². The summed E-state index contributed by atoms with van der Waals surface area (Å²) in [6.07, 6.45) is 1.16. The fraction of sp³-hybridized carbons (Fsp3) is 0.176. The maximum atomic E-state index is 12.2. The van der Waals surface area contributed by atoms with Crippen LogP contribution in [-0.4, -0.2) is 18.4 Å². The number of para-hydroxylation sites is 1. The Hall–Kier alpha value is -2.82. The largest absolute Gasteiger partial charge is 0.399 e. The Morgan fingerprint density at radius 3 is 2.59 bits per heavy atom. The van der Waals surface area contributed by atoms with Crippen LogP contribution in [0.3, 0.4) is 0 Å². The highest BCUT2D eigenvalue weighted by molar-refractivity contribution is 6.04. The first-order chi connectivity index (χ1) is 10.6. The van der Waals surface area contributed by atoms with Crippen molar-refractivity contribution in [3.63, 3.8) is 0 Å². The zero-order valence-electron chi connectivity index (χ0n) is 12.1. The third-order valence-corrected chi connectivity index (χ3v) is 3.69. The van der Waals surface area contributed by atoms with Gasteiger partial charge in [0.2, 0.25) is 11.8 Å². The van der Waals surface area contributed by atoms with Crippen LogP contribution in [0.2, 0.25) is 0 Å². The Balaban J connectivity index is 1.73. The molecule has 0 spiro atoms. The maximum Gasteiger partial charge on any atom is 0.244 e. The molecular formula is C17H17N3O2. The van der Waals surface area contributed by atoms with Gasteiger partial charge in [-0.2, -0.15) is 0 Å². The lowest BCUT2D eigenvalue weighted by Crippen LogP contribution is -2.40. The lowest BCUT2D eigenvalue weighted by molar-refractivity contribution is -0.121. The molecule has 1 heterocycles. The first kappa shape index (κ1) is 14.1. The molecule has 112 valence electrons. The van der Waals surface area contributed by atoms with Crippen LogP contribution in [0.4, 0.5) is 17.1 Å². The van der Waals surface area contributed by atoms with Gasteiger partial charge >= 0.3 is 0 Å². The van der Waals surface area contributed by atoms with Gasteiger partial charge in [0.05, 0.1) is 0 Å². The maximum absolute atomic E-state index is 12.2. The second kappa shape index (κ2) is 5.89. The first-order valence-corrected chi connectivity index (χ1v) is 7.17. The molecule has 2 aromatic carbocycles. The fourth-order valence-corrected chi connectivity index (χ4v) is 2.58. The van der Waals surface area contributed by atoms with Crippen LogP contribution in [0.5, 0.6) is 0 Å². The average molecular weight is 295 g/mol. The smallest absolute Gasteiger partial charge is 0.244 e. The van der Waals surface area contributed by atoms with Crippen LogP contribution in [0.15, 0.2) is 48.5 Å². The monoisotopic (exact) mass is 295 g/mol. The van der Waals surface area contributed by atoms with Gasteiger partial charge in [0, 0.05) is 23.5 Å². The van der Waals surface area contributed by atoms with E-state index >= 15 is 0 Å². The number of anilines is 3. The summed E-state index contributed by atoms with van der Waals surface area (Å²) < 4.78 is 0. The van der Waals surface area contributed by atoms with Crippen molar-refractivity contribution >= 4 is 28.9 Å². The second-order valence-corrected chi connectivity index (χ2v) is 5.28. The standard InChI is InChI=1S/C17H17N3O2/c18-13-6-8-14(9-7-13)19-16(21)11-20-15-4-2-1-3-12(15)5-10-17(20)22/h1-4,6-9H,5,10-11,18H2,(H,19,21). The van der Waals surface area contributed by atoms with Crippen LogP contribution in [0, 0.1) is 0 Å². The predicted octanol–water partition coefficient (Wildman–Crippen LogP) is 2.19. The summed E-state index contributed by atoms with van der Waals surface area (Å²) in [6.45, 7) is 0.0141. The van der Waals surface area contributed by atoms with Crippen molar-refractivity contribution in [2.45, 2.75) is 12.8 Å². The number of carbonyl (C=O) groups excluding carboxylic acids is 2. The molecule has 0 aromatic heterocycles. The van der Waals surface area contributed by atoms with Crippen LogP contribution in [0.25, 0.3) is 0 Å². The van der Waals surface area contributed by atoms with E-state index in [0.717, 1.165) is 17.7 Å². The number of carbonyl (C=O) groups is 2. The Morgan fingerprint density at radius 2 is 1.82 bits per heavy atom. The van der Waals surface area contributed by atoms with Crippen molar-refractivity contribution in [1.82, 2.24) is 0 Å². The third-order valence-electron chi connectivity index (χ3n) is 3.69. The highest BCUT2D eigenvalue weighted by Crippen LogP contribution is 2.27. The molecule has 3 N–H and O–H groups in total. The van der Waals surface area contributed by atoms with Gasteiger partial charge in [0.1, 0.15) is 6.54 Å². The molecule has 2 aromatic rings. The molecule has 2 amide bonds. The first-order valence-electron chi connectivity index (χ1n) is 7.17. The lowest BCUT2D eigenvalue weighted by atomic mass is 10.0. The van der Waals surface area contributed by atoms with Crippen LogP contribution in [-0.2, 0) is 16.0 Å². The highest BCUT2D eigenvalue weighted by atomic mass is 16.2. The molecule has 0 bridgehead atoms. The summed E-state index contributed by atoms with van der Waals surface area (Å²) in [5.41, 5.74) is 8.84. The molecular weight excluding hydrogens is 278 g/mol. The number of aryl methyl sites for hydroxylation is 1. The lowest BCUT2D eigenvalue weighted by Gasteiger charge is -2.28. The van der Waals surface area contributed by atoms with Gasteiger partial charge in [-0.15, -0.1) is 0 Å². The predicted molar refractivity (Wildman–Crippen MR) is 86.6 cm³/mol. The van der Waals surface area contributed by atoms with E-state index < -0.39 is 0 Å². The van der Waals surface area contributed by atoms with Crippen molar-refractivity contribution in [2.24, 2.45) is 0 Å². The molecule has 0 saturated heterocycles. The molecule has 0 aliphatic carbocycles. The molecule has 0 fully saturated rings. The van der Waals surface area contributed by atoms with E-state index in [-0.39, 0.29) is 18.4 Å². The van der Waals surface area contributed by atoms with Crippen LogP contribution in [0.1, 0.15) is 12.0 Å². The van der Waals surface area contributed by atoms with Crippen molar-refractivity contribution in [2.75, 3.05) is 22.5 Å². The number of nitrogens with two attached hydrogens (primary N) is 1. The van der Waals surface area contributed by atoms with Crippen molar-refractivity contribution in [1.29, 1.82) is 0 Å². The zero-order chi connectivity index (χ0) is 15.5. The molecule has 0 saturated carbocycles. The molecule has 5 heteroatoms. The molecule has 5 nitrogen and oxygen atoms in total. The minimum atomic E-state index is -0.227. The number of fused-ring (bicyclic) bond motifs is 1. The number of benzene rings is 2. The van der Waals surface area contributed by atoms with Gasteiger partial charge in [0.15, 0.2) is 0 Å². The van der Waals surface area contributed by atoms with Gasteiger partial charge in [0.25, 0.3) is 0 Å². The second-order valence-electron chi connectivity index (χ2n) is 5.28. The van der Waals surface area contributed by atoms with Crippen molar-refractivity contribution in [3.05, 3.63) is 54.1 Å². The van der Waals surface area contributed by atoms with Gasteiger partial charge < -0.3 is 16.0 Å². The fourth-order valence-electron chi connectivity index (χ4n) is 2.58. The van der Waals surface area contributed by atoms with Crippen LogP contribution < -0.4 is 16.0 Å². The van der Waals surface area contributed by atoms with E-state index in [1.807, 2.05) is 24.3 Å². The zero-order valence-corrected chi connectivity index (χ0v) is 12.1. The third kappa shape index (κ3) is 2.93. The number of nitrogens with one attached hydrogen (secondary N) is 1. The minimum absolute atomic E-state index is 0.0141. The summed E-state index contributed by atoms with van der Waals surface area (Å²) in [5.74, 6) is -0.249. The van der Waals surface area contributed by atoms with E-state index in [2.05, 4.69) is 5.32 Å². The molecule has 1 aliphatic heterocycles. The molecule has 0 atom stereocenters. The normalized spacial score (nSPS) is 13.6. The molecule has 22 heavy (non-hydrogen) atoms. The SMILES string of the molecule is Nc1ccc(NC(=O)CN2C(=O)CCc3ccccc32)cc1. The summed E-state index contributed by atoms with van der Waals surface area (Å²) in [6, 6.07) is 14.6. The average Bonchev–Trinajstić information content (AvgIpc) is 2.52. The molecule has 1 aliphatic rings. The van der Waals surface area contributed by atoms with E-state index in [0.29, 0.717) is 17.8 Å². The Bertz CT molecular complexity index is 710. The topological polar surface area (TPSA) is 75.4 Å². The van der Waals surface area contributed by atoms with Gasteiger partial charge in [-0.3, -0.25) is 9.59 Å². The highest BCUT2D eigenvalue weighted by Gasteiger charge is 2.25. The number of hydrogen-bond donors (Lipinski definition) is 2. The van der Waals surface area contributed by atoms with Crippen molar-refractivity contribution in [3.8, 4) is 0 Å². The molecule has 0 radical (unpaired) electrons. The van der Waals surface area contributed by atoms with Gasteiger partial charge in [-0.05, 0) is 42.3 Å². The van der Waals surface area contributed by atoms with Crippen LogP contribution >= 0.6 is 0 Å². The quantitative estimate of drug-likeness (QED) is 0.852. The number of rotatable bonds is 3. The van der Waals surface area contributed by atoms with E-state index in [4.69, 9.17) is 5.73 Å². The Labute approximate surface area is 128 Å². The molecule has 3 rings (SSSR count). The molecule has 0 unspecified atom stereocenters. The number of nitrogens with zero attached hydrogens (tertiary/aromatic N) is 1. The van der Waals surface area contributed by atoms with E-state index in [1.54, 1.807) is 29.2 Å². The van der Waals surface area contributed by atoms with E-state index in [9.17, 15) is 9.59 Å².